The second-order valence-electron chi connectivity index (χ2n) is 6.51. The Kier molecular flexibility index (Phi) is 5.06. The Morgan fingerprint density at radius 1 is 1.43 bits per heavy atom. The lowest BCUT2D eigenvalue weighted by atomic mass is 9.89. The van der Waals surface area contributed by atoms with E-state index in [0.717, 1.165) is 5.69 Å². The van der Waals surface area contributed by atoms with Crippen molar-refractivity contribution in [3.05, 3.63) is 40.7 Å². The molecule has 6 nitrogen and oxygen atoms in total. The van der Waals surface area contributed by atoms with Crippen LogP contribution in [0, 0.1) is 12.3 Å². The molecule has 0 saturated carbocycles. The predicted octanol–water partition coefficient (Wildman–Crippen LogP) is 2.37. The van der Waals surface area contributed by atoms with Gasteiger partial charge in [0.2, 0.25) is 0 Å². The number of aliphatic hydroxyl groups is 1. The molecule has 0 aliphatic carbocycles. The number of nitrogens with one attached hydrogen (secondary N) is 1. The number of aromatic nitrogens is 3. The number of hydrogen-bond donors (Lipinski definition) is 2. The van der Waals surface area contributed by atoms with Crippen LogP contribution in [-0.4, -0.2) is 38.7 Å². The van der Waals surface area contributed by atoms with Crippen LogP contribution in [0.5, 0.6) is 0 Å². The van der Waals surface area contributed by atoms with Crippen molar-refractivity contribution in [1.29, 1.82) is 0 Å². The molecule has 1 aromatic heterocycles. The van der Waals surface area contributed by atoms with Crippen LogP contribution >= 0.6 is 11.6 Å². The summed E-state index contributed by atoms with van der Waals surface area (Å²) in [6.07, 6.45) is -0.644. The molecule has 2 rings (SSSR count). The topological polar surface area (TPSA) is 80.0 Å². The smallest absolute Gasteiger partial charge is 0.273 e. The highest BCUT2D eigenvalue weighted by atomic mass is 35.5. The summed E-state index contributed by atoms with van der Waals surface area (Å²) in [5, 5.41) is 21.2. The van der Waals surface area contributed by atoms with E-state index in [-0.39, 0.29) is 23.6 Å². The van der Waals surface area contributed by atoms with Gasteiger partial charge in [0, 0.05) is 11.6 Å². The maximum atomic E-state index is 12.2. The number of halogens is 1. The van der Waals surface area contributed by atoms with Crippen LogP contribution in [0.1, 0.15) is 37.0 Å². The van der Waals surface area contributed by atoms with Crippen LogP contribution in [0.25, 0.3) is 5.69 Å². The molecule has 1 unspecified atom stereocenters. The van der Waals surface area contributed by atoms with Gasteiger partial charge in [0.15, 0.2) is 5.69 Å². The van der Waals surface area contributed by atoms with Crippen molar-refractivity contribution in [2.24, 2.45) is 5.41 Å². The van der Waals surface area contributed by atoms with Gasteiger partial charge < -0.3 is 10.4 Å². The van der Waals surface area contributed by atoms with Crippen LogP contribution in [0.15, 0.2) is 24.3 Å². The summed E-state index contributed by atoms with van der Waals surface area (Å²) in [5.41, 5.74) is 1.26. The molecular formula is C16H21ClN4O2. The van der Waals surface area contributed by atoms with E-state index in [9.17, 15) is 9.90 Å². The summed E-state index contributed by atoms with van der Waals surface area (Å²) in [6.45, 7) is 7.64. The van der Waals surface area contributed by atoms with Crippen LogP contribution < -0.4 is 5.32 Å². The molecule has 0 saturated heterocycles. The summed E-state index contributed by atoms with van der Waals surface area (Å²) in [6, 6.07) is 7.14. The van der Waals surface area contributed by atoms with Gasteiger partial charge in [0.1, 0.15) is 0 Å². The molecule has 0 aliphatic rings. The van der Waals surface area contributed by atoms with Gasteiger partial charge in [-0.1, -0.05) is 43.7 Å². The van der Waals surface area contributed by atoms with Crippen LogP contribution in [0.3, 0.4) is 0 Å². The Balaban J connectivity index is 2.14. The van der Waals surface area contributed by atoms with Crippen LogP contribution in [0.2, 0.25) is 5.02 Å². The van der Waals surface area contributed by atoms with E-state index in [0.29, 0.717) is 10.7 Å². The maximum Gasteiger partial charge on any atom is 0.273 e. The van der Waals surface area contributed by atoms with Crippen molar-refractivity contribution in [1.82, 2.24) is 20.3 Å². The van der Waals surface area contributed by atoms with Gasteiger partial charge in [-0.2, -0.15) is 0 Å². The molecule has 0 radical (unpaired) electrons. The van der Waals surface area contributed by atoms with Crippen molar-refractivity contribution in [2.45, 2.75) is 33.8 Å². The fourth-order valence-electron chi connectivity index (χ4n) is 1.97. The van der Waals surface area contributed by atoms with Crippen molar-refractivity contribution in [3.63, 3.8) is 0 Å². The first-order valence-corrected chi connectivity index (χ1v) is 7.72. The first-order chi connectivity index (χ1) is 10.7. The molecular weight excluding hydrogens is 316 g/mol. The highest BCUT2D eigenvalue weighted by Crippen LogP contribution is 2.19. The number of carbonyl (C=O) groups excluding carboxylic acids is 1. The molecule has 1 heterocycles. The van der Waals surface area contributed by atoms with Crippen molar-refractivity contribution >= 4 is 17.5 Å². The van der Waals surface area contributed by atoms with E-state index in [1.165, 1.54) is 0 Å². The maximum absolute atomic E-state index is 12.2. The van der Waals surface area contributed by atoms with Crippen molar-refractivity contribution < 1.29 is 9.90 Å². The highest BCUT2D eigenvalue weighted by Gasteiger charge is 2.24. The fourth-order valence-corrected chi connectivity index (χ4v) is 2.16. The van der Waals surface area contributed by atoms with Crippen LogP contribution in [-0.2, 0) is 0 Å². The Morgan fingerprint density at radius 3 is 2.74 bits per heavy atom. The Labute approximate surface area is 140 Å². The quantitative estimate of drug-likeness (QED) is 0.898. The lowest BCUT2D eigenvalue weighted by molar-refractivity contribution is 0.0585. The molecule has 1 amide bonds. The average Bonchev–Trinajstić information content (AvgIpc) is 2.85. The van der Waals surface area contributed by atoms with E-state index < -0.39 is 6.10 Å². The molecule has 1 atom stereocenters. The van der Waals surface area contributed by atoms with E-state index >= 15 is 0 Å². The number of benzene rings is 1. The molecule has 0 spiro atoms. The summed E-state index contributed by atoms with van der Waals surface area (Å²) < 4.78 is 1.56. The summed E-state index contributed by atoms with van der Waals surface area (Å²) in [4.78, 5) is 12.2. The molecule has 0 bridgehead atoms. The molecule has 7 heteroatoms. The van der Waals surface area contributed by atoms with Gasteiger partial charge >= 0.3 is 0 Å². The molecule has 0 fully saturated rings. The second-order valence-corrected chi connectivity index (χ2v) is 6.94. The monoisotopic (exact) mass is 336 g/mol. The number of carbonyl (C=O) groups is 1. The highest BCUT2D eigenvalue weighted by molar-refractivity contribution is 6.30. The molecule has 0 aliphatic heterocycles. The third-order valence-electron chi connectivity index (χ3n) is 3.62. The molecule has 23 heavy (non-hydrogen) atoms. The zero-order valence-corrected chi connectivity index (χ0v) is 14.4. The Morgan fingerprint density at radius 2 is 2.13 bits per heavy atom. The van der Waals surface area contributed by atoms with E-state index in [1.54, 1.807) is 29.8 Å². The largest absolute Gasteiger partial charge is 0.391 e. The number of rotatable bonds is 4. The van der Waals surface area contributed by atoms with Gasteiger partial charge in [0.25, 0.3) is 5.91 Å². The Bertz CT molecular complexity index is 706. The minimum Gasteiger partial charge on any atom is -0.391 e. The normalized spacial score (nSPS) is 13.0. The average molecular weight is 337 g/mol. The third-order valence-corrected chi connectivity index (χ3v) is 3.85. The molecule has 2 N–H and O–H groups in total. The van der Waals surface area contributed by atoms with Crippen LogP contribution in [0.4, 0.5) is 0 Å². The number of hydrogen-bond acceptors (Lipinski definition) is 4. The number of nitrogens with zero attached hydrogens (tertiary/aromatic N) is 3. The zero-order valence-electron chi connectivity index (χ0n) is 13.7. The summed E-state index contributed by atoms with van der Waals surface area (Å²) >= 11 is 5.98. The van der Waals surface area contributed by atoms with Gasteiger partial charge in [-0.05, 0) is 30.5 Å². The van der Waals surface area contributed by atoms with Gasteiger partial charge in [-0.25, -0.2) is 4.68 Å². The predicted molar refractivity (Wildman–Crippen MR) is 88.9 cm³/mol. The third kappa shape index (κ3) is 4.09. The Hall–Kier alpha value is -1.92. The summed E-state index contributed by atoms with van der Waals surface area (Å²) in [5.74, 6) is -0.362. The lowest BCUT2D eigenvalue weighted by Crippen LogP contribution is -2.39. The fraction of sp³-hybridized carbons (Fsp3) is 0.438. The lowest BCUT2D eigenvalue weighted by Gasteiger charge is -2.25. The molecule has 2 aromatic rings. The zero-order chi connectivity index (χ0) is 17.2. The number of amides is 1. The van der Waals surface area contributed by atoms with E-state index in [2.05, 4.69) is 15.6 Å². The second kappa shape index (κ2) is 6.68. The van der Waals surface area contributed by atoms with Gasteiger partial charge in [-0.15, -0.1) is 5.10 Å². The molecule has 124 valence electrons. The van der Waals surface area contributed by atoms with Crippen molar-refractivity contribution in [3.8, 4) is 5.69 Å². The van der Waals surface area contributed by atoms with Crippen molar-refractivity contribution in [2.75, 3.05) is 6.54 Å². The SMILES string of the molecule is Cc1c(C(=O)NCC(O)C(C)(C)C)nnn1-c1cccc(Cl)c1. The molecule has 1 aromatic carbocycles. The van der Waals surface area contributed by atoms with E-state index in [4.69, 9.17) is 11.6 Å². The first kappa shape index (κ1) is 17.4. The first-order valence-electron chi connectivity index (χ1n) is 7.34. The summed E-state index contributed by atoms with van der Waals surface area (Å²) in [7, 11) is 0. The van der Waals surface area contributed by atoms with E-state index in [1.807, 2.05) is 26.8 Å². The minimum atomic E-state index is -0.644. The van der Waals surface area contributed by atoms with Gasteiger partial charge in [0.05, 0.1) is 17.5 Å². The van der Waals surface area contributed by atoms with Gasteiger partial charge in [-0.3, -0.25) is 4.79 Å². The number of aliphatic hydroxyl groups excluding tert-OH is 1. The standard InChI is InChI=1S/C16H21ClN4O2/c1-10-14(15(23)18-9-13(22)16(2,3)4)19-20-21(10)12-7-5-6-11(17)8-12/h5-8,13,22H,9H2,1-4H3,(H,18,23). The minimum absolute atomic E-state index is 0.159.